The summed E-state index contributed by atoms with van der Waals surface area (Å²) in [6, 6.07) is 0. The van der Waals surface area contributed by atoms with Gasteiger partial charge in [-0.05, 0) is 50.2 Å². The maximum atomic E-state index is 6.12. The predicted octanol–water partition coefficient (Wildman–Crippen LogP) is 3.18. The molecule has 2 rings (SSSR count). The van der Waals surface area contributed by atoms with Crippen LogP contribution in [-0.4, -0.2) is 86.8 Å². The molecule has 2 saturated heterocycles. The monoisotopic (exact) mass is 353 g/mol. The van der Waals surface area contributed by atoms with Crippen LogP contribution in [-0.2, 0) is 4.74 Å². The number of nitrogens with zero attached hydrogens (tertiary/aromatic N) is 3. The molecule has 1 atom stereocenters. The Labute approximate surface area is 156 Å². The van der Waals surface area contributed by atoms with Gasteiger partial charge in [-0.15, -0.1) is 0 Å². The Morgan fingerprint density at radius 3 is 2.12 bits per heavy atom. The summed E-state index contributed by atoms with van der Waals surface area (Å²) in [6.45, 7) is 22.4. The fourth-order valence-corrected chi connectivity index (χ4v) is 3.85. The van der Waals surface area contributed by atoms with Crippen LogP contribution in [0.4, 0.5) is 0 Å². The second kappa shape index (κ2) is 9.16. The zero-order valence-corrected chi connectivity index (χ0v) is 17.8. The number of rotatable bonds is 7. The molecule has 0 aliphatic carbocycles. The van der Waals surface area contributed by atoms with E-state index in [-0.39, 0.29) is 0 Å². The van der Waals surface area contributed by atoms with Gasteiger partial charge in [-0.25, -0.2) is 0 Å². The van der Waals surface area contributed by atoms with Crippen molar-refractivity contribution in [3.63, 3.8) is 0 Å². The Morgan fingerprint density at radius 2 is 1.48 bits per heavy atom. The molecule has 2 fully saturated rings. The van der Waals surface area contributed by atoms with Crippen LogP contribution in [0.15, 0.2) is 0 Å². The van der Waals surface area contributed by atoms with Gasteiger partial charge in [0.25, 0.3) is 0 Å². The smallest absolute Gasteiger partial charge is 0.0707 e. The van der Waals surface area contributed by atoms with E-state index in [2.05, 4.69) is 56.4 Å². The minimum absolute atomic E-state index is 0.362. The number of piperazine rings is 1. The van der Waals surface area contributed by atoms with Crippen LogP contribution in [0.1, 0.15) is 53.9 Å². The number of hydrogen-bond acceptors (Lipinski definition) is 4. The summed E-state index contributed by atoms with van der Waals surface area (Å²) in [5.74, 6) is 0. The number of likely N-dealkylation sites (N-methyl/N-ethyl adjacent to an activating group) is 1. The minimum atomic E-state index is 0.362. The van der Waals surface area contributed by atoms with E-state index in [9.17, 15) is 0 Å². The van der Waals surface area contributed by atoms with Crippen molar-refractivity contribution >= 4 is 0 Å². The molecule has 0 bridgehead atoms. The van der Waals surface area contributed by atoms with Gasteiger partial charge >= 0.3 is 0 Å². The molecule has 2 heterocycles. The quantitative estimate of drug-likeness (QED) is 0.700. The Morgan fingerprint density at radius 1 is 0.840 bits per heavy atom. The normalized spacial score (nSPS) is 25.4. The van der Waals surface area contributed by atoms with Gasteiger partial charge in [-0.2, -0.15) is 0 Å². The molecule has 4 nitrogen and oxygen atoms in total. The first-order chi connectivity index (χ1) is 11.6. The van der Waals surface area contributed by atoms with Gasteiger partial charge in [0, 0.05) is 39.3 Å². The van der Waals surface area contributed by atoms with Gasteiger partial charge < -0.3 is 14.5 Å². The molecule has 2 aliphatic rings. The maximum absolute atomic E-state index is 6.12. The standard InChI is InChI=1S/C21H43N3O/c1-20(2,3)7-9-24-15-16-25-19(18-24)17-21(4,5)8-10-23-13-11-22(6)12-14-23/h19H,7-18H2,1-6H3. The summed E-state index contributed by atoms with van der Waals surface area (Å²) in [5, 5.41) is 0. The molecule has 0 aromatic carbocycles. The van der Waals surface area contributed by atoms with Crippen LogP contribution in [0.5, 0.6) is 0 Å². The third-order valence-electron chi connectivity index (χ3n) is 5.88. The van der Waals surface area contributed by atoms with Crippen molar-refractivity contribution in [2.45, 2.75) is 60.0 Å². The van der Waals surface area contributed by atoms with Crippen LogP contribution < -0.4 is 0 Å². The van der Waals surface area contributed by atoms with Crippen molar-refractivity contribution in [1.82, 2.24) is 14.7 Å². The fraction of sp³-hybridized carbons (Fsp3) is 1.00. The molecule has 2 aliphatic heterocycles. The van der Waals surface area contributed by atoms with Gasteiger partial charge in [0.15, 0.2) is 0 Å². The molecule has 4 heteroatoms. The lowest BCUT2D eigenvalue weighted by molar-refractivity contribution is -0.0511. The van der Waals surface area contributed by atoms with Gasteiger partial charge in [0.05, 0.1) is 12.7 Å². The zero-order chi connectivity index (χ0) is 18.5. The summed E-state index contributed by atoms with van der Waals surface area (Å²) in [4.78, 5) is 7.69. The van der Waals surface area contributed by atoms with E-state index >= 15 is 0 Å². The molecule has 0 amide bonds. The number of hydrogen-bond donors (Lipinski definition) is 0. The van der Waals surface area contributed by atoms with Gasteiger partial charge in [0.2, 0.25) is 0 Å². The highest BCUT2D eigenvalue weighted by atomic mass is 16.5. The molecule has 0 radical (unpaired) electrons. The second-order valence-electron chi connectivity index (χ2n) is 10.4. The average molecular weight is 354 g/mol. The Bertz CT molecular complexity index is 383. The first-order valence-corrected chi connectivity index (χ1v) is 10.4. The third kappa shape index (κ3) is 8.38. The molecular weight excluding hydrogens is 310 g/mol. The first kappa shape index (κ1) is 21.1. The molecule has 0 N–H and O–H groups in total. The lowest BCUT2D eigenvalue weighted by atomic mass is 9.82. The van der Waals surface area contributed by atoms with Crippen molar-refractivity contribution in [1.29, 1.82) is 0 Å². The van der Waals surface area contributed by atoms with E-state index in [1.165, 1.54) is 58.5 Å². The van der Waals surface area contributed by atoms with Crippen molar-refractivity contribution in [3.05, 3.63) is 0 Å². The van der Waals surface area contributed by atoms with Crippen LogP contribution in [0.3, 0.4) is 0 Å². The van der Waals surface area contributed by atoms with Crippen LogP contribution in [0.25, 0.3) is 0 Å². The molecule has 0 spiro atoms. The molecule has 1 unspecified atom stereocenters. The third-order valence-corrected chi connectivity index (χ3v) is 5.88. The second-order valence-corrected chi connectivity index (χ2v) is 10.4. The Hall–Kier alpha value is -0.160. The summed E-state index contributed by atoms with van der Waals surface area (Å²) >= 11 is 0. The summed E-state index contributed by atoms with van der Waals surface area (Å²) in [7, 11) is 2.23. The highest BCUT2D eigenvalue weighted by molar-refractivity contribution is 4.81. The van der Waals surface area contributed by atoms with Crippen molar-refractivity contribution in [2.24, 2.45) is 10.8 Å². The van der Waals surface area contributed by atoms with Gasteiger partial charge in [-0.3, -0.25) is 4.90 Å². The predicted molar refractivity (Wildman–Crippen MR) is 107 cm³/mol. The largest absolute Gasteiger partial charge is 0.376 e. The van der Waals surface area contributed by atoms with E-state index < -0.39 is 0 Å². The van der Waals surface area contributed by atoms with Crippen LogP contribution >= 0.6 is 0 Å². The lowest BCUT2D eigenvalue weighted by Crippen LogP contribution is -2.46. The SMILES string of the molecule is CN1CCN(CCC(C)(C)CC2CN(CCC(C)(C)C)CCO2)CC1. The van der Waals surface area contributed by atoms with Crippen LogP contribution in [0.2, 0.25) is 0 Å². The molecular formula is C21H43N3O. The van der Waals surface area contributed by atoms with Crippen molar-refractivity contribution < 1.29 is 4.74 Å². The Balaban J connectivity index is 1.71. The van der Waals surface area contributed by atoms with Crippen LogP contribution in [0, 0.1) is 10.8 Å². The van der Waals surface area contributed by atoms with E-state index in [0.717, 1.165) is 19.7 Å². The minimum Gasteiger partial charge on any atom is -0.376 e. The maximum Gasteiger partial charge on any atom is 0.0707 e. The Kier molecular flexibility index (Phi) is 7.75. The topological polar surface area (TPSA) is 19.0 Å². The lowest BCUT2D eigenvalue weighted by Gasteiger charge is -2.39. The van der Waals surface area contributed by atoms with E-state index in [1.54, 1.807) is 0 Å². The highest BCUT2D eigenvalue weighted by Gasteiger charge is 2.29. The van der Waals surface area contributed by atoms with Crippen molar-refractivity contribution in [3.8, 4) is 0 Å². The number of ether oxygens (including phenoxy) is 1. The fourth-order valence-electron chi connectivity index (χ4n) is 3.85. The molecule has 0 aromatic heterocycles. The van der Waals surface area contributed by atoms with Gasteiger partial charge in [0.1, 0.15) is 0 Å². The number of morpholine rings is 1. The molecule has 148 valence electrons. The first-order valence-electron chi connectivity index (χ1n) is 10.4. The average Bonchev–Trinajstić information content (AvgIpc) is 2.52. The van der Waals surface area contributed by atoms with E-state index in [0.29, 0.717) is 16.9 Å². The summed E-state index contributed by atoms with van der Waals surface area (Å²) in [5.41, 5.74) is 0.788. The molecule has 0 saturated carbocycles. The summed E-state index contributed by atoms with van der Waals surface area (Å²) in [6.07, 6.45) is 4.15. The van der Waals surface area contributed by atoms with Gasteiger partial charge in [-0.1, -0.05) is 34.6 Å². The highest BCUT2D eigenvalue weighted by Crippen LogP contribution is 2.30. The van der Waals surface area contributed by atoms with E-state index in [1.807, 2.05) is 0 Å². The zero-order valence-electron chi connectivity index (χ0n) is 17.8. The molecule has 0 aromatic rings. The van der Waals surface area contributed by atoms with E-state index in [4.69, 9.17) is 4.74 Å². The summed E-state index contributed by atoms with van der Waals surface area (Å²) < 4.78 is 6.12. The molecule has 25 heavy (non-hydrogen) atoms. The van der Waals surface area contributed by atoms with Crippen molar-refractivity contribution in [2.75, 3.05) is 66.0 Å².